The number of nitrogens with zero attached hydrogens (tertiary/aromatic N) is 3. The Morgan fingerprint density at radius 3 is 2.76 bits per heavy atom. The summed E-state index contributed by atoms with van der Waals surface area (Å²) >= 11 is 0. The summed E-state index contributed by atoms with van der Waals surface area (Å²) in [5.41, 5.74) is 2.49. The predicted octanol–water partition coefficient (Wildman–Crippen LogP) is 2.07. The van der Waals surface area contributed by atoms with E-state index < -0.39 is 0 Å². The zero-order valence-electron chi connectivity index (χ0n) is 15.6. The first-order valence-electron chi connectivity index (χ1n) is 9.26. The highest BCUT2D eigenvalue weighted by molar-refractivity contribution is 5.89. The molecular weight excluding hydrogens is 314 g/mol. The number of hydrogen-bond donors (Lipinski definition) is 0. The first-order chi connectivity index (χ1) is 12.0. The van der Waals surface area contributed by atoms with Crippen molar-refractivity contribution in [2.45, 2.75) is 32.2 Å². The van der Waals surface area contributed by atoms with Crippen LogP contribution in [0.2, 0.25) is 0 Å². The number of rotatable bonds is 5. The summed E-state index contributed by atoms with van der Waals surface area (Å²) in [6.07, 6.45) is 2.42. The lowest BCUT2D eigenvalue weighted by Crippen LogP contribution is -2.38. The van der Waals surface area contributed by atoms with Crippen LogP contribution in [0.3, 0.4) is 0 Å². The van der Waals surface area contributed by atoms with Gasteiger partial charge in [-0.05, 0) is 45.0 Å². The van der Waals surface area contributed by atoms with Crippen molar-refractivity contribution in [2.24, 2.45) is 5.92 Å². The van der Waals surface area contributed by atoms with Crippen molar-refractivity contribution in [1.29, 1.82) is 0 Å². The molecule has 2 aliphatic rings. The minimum atomic E-state index is -0.181. The average molecular weight is 343 g/mol. The largest absolute Gasteiger partial charge is 0.341 e. The highest BCUT2D eigenvalue weighted by atomic mass is 16.2. The van der Waals surface area contributed by atoms with Crippen molar-refractivity contribution in [3.05, 3.63) is 35.4 Å². The van der Waals surface area contributed by atoms with Gasteiger partial charge in [-0.1, -0.05) is 24.3 Å². The topological polar surface area (TPSA) is 43.9 Å². The summed E-state index contributed by atoms with van der Waals surface area (Å²) in [6, 6.07) is 8.50. The van der Waals surface area contributed by atoms with Gasteiger partial charge in [0.05, 0.1) is 12.0 Å². The number of likely N-dealkylation sites (N-methyl/N-ethyl adjacent to an activating group) is 1. The first-order valence-corrected chi connectivity index (χ1v) is 9.26. The van der Waals surface area contributed by atoms with E-state index in [1.165, 1.54) is 11.1 Å². The zero-order valence-corrected chi connectivity index (χ0v) is 15.6. The van der Waals surface area contributed by atoms with Crippen LogP contribution in [0.1, 0.15) is 36.4 Å². The van der Waals surface area contributed by atoms with Crippen LogP contribution in [0, 0.1) is 12.8 Å². The van der Waals surface area contributed by atoms with Crippen LogP contribution < -0.4 is 0 Å². The highest BCUT2D eigenvalue weighted by Crippen LogP contribution is 2.35. The van der Waals surface area contributed by atoms with Gasteiger partial charge >= 0.3 is 0 Å². The fraction of sp³-hybridized carbons (Fsp3) is 0.600. The third-order valence-corrected chi connectivity index (χ3v) is 5.46. The van der Waals surface area contributed by atoms with Crippen molar-refractivity contribution >= 4 is 11.8 Å². The minimum absolute atomic E-state index is 0.117. The monoisotopic (exact) mass is 343 g/mol. The lowest BCUT2D eigenvalue weighted by Gasteiger charge is -2.28. The van der Waals surface area contributed by atoms with Gasteiger partial charge in [0.25, 0.3) is 0 Å². The smallest absolute Gasteiger partial charge is 0.228 e. The fourth-order valence-electron chi connectivity index (χ4n) is 4.02. The number of carbonyl (C=O) groups excluding carboxylic acids is 2. The molecule has 5 nitrogen and oxygen atoms in total. The zero-order chi connectivity index (χ0) is 18.0. The summed E-state index contributed by atoms with van der Waals surface area (Å²) in [5.74, 6) is 0.0950. The summed E-state index contributed by atoms with van der Waals surface area (Å²) < 4.78 is 0. The Morgan fingerprint density at radius 1 is 1.28 bits per heavy atom. The van der Waals surface area contributed by atoms with E-state index in [4.69, 9.17) is 0 Å². The molecule has 0 spiro atoms. The molecule has 0 bridgehead atoms. The Hall–Kier alpha value is -1.88. The van der Waals surface area contributed by atoms with E-state index in [1.807, 2.05) is 36.0 Å². The Morgan fingerprint density at radius 2 is 2.04 bits per heavy atom. The molecule has 2 fully saturated rings. The van der Waals surface area contributed by atoms with Gasteiger partial charge < -0.3 is 14.7 Å². The van der Waals surface area contributed by atoms with Gasteiger partial charge in [0.2, 0.25) is 11.8 Å². The fourth-order valence-corrected chi connectivity index (χ4v) is 4.02. The van der Waals surface area contributed by atoms with Crippen LogP contribution in [0.4, 0.5) is 0 Å². The Balaban J connectivity index is 1.68. The summed E-state index contributed by atoms with van der Waals surface area (Å²) in [7, 11) is 4.00. The molecule has 0 N–H and O–H groups in total. The summed E-state index contributed by atoms with van der Waals surface area (Å²) in [6.45, 7) is 5.03. The van der Waals surface area contributed by atoms with Crippen molar-refractivity contribution in [3.63, 3.8) is 0 Å². The number of hydrogen-bond acceptors (Lipinski definition) is 3. The molecule has 0 aliphatic carbocycles. The van der Waals surface area contributed by atoms with Gasteiger partial charge in [-0.3, -0.25) is 9.59 Å². The molecule has 3 rings (SSSR count). The van der Waals surface area contributed by atoms with Gasteiger partial charge in [-0.2, -0.15) is 0 Å². The number of carbonyl (C=O) groups is 2. The van der Waals surface area contributed by atoms with Crippen LogP contribution in [-0.4, -0.2) is 66.8 Å². The number of amides is 2. The maximum absolute atomic E-state index is 13.1. The molecule has 2 amide bonds. The minimum Gasteiger partial charge on any atom is -0.341 e. The van der Waals surface area contributed by atoms with Crippen LogP contribution in [0.25, 0.3) is 0 Å². The Kier molecular flexibility index (Phi) is 5.42. The van der Waals surface area contributed by atoms with E-state index in [9.17, 15) is 9.59 Å². The standard InChI is InChI=1S/C20H29N3O2/c1-15-7-4-5-8-17(15)18-9-6-10-23(18)20(25)16-13-19(24)22(14-16)12-11-21(2)3/h4-5,7-8,16,18H,6,9-14H2,1-3H3. The molecule has 2 unspecified atom stereocenters. The first kappa shape index (κ1) is 17.9. The lowest BCUT2D eigenvalue weighted by molar-refractivity contribution is -0.136. The van der Waals surface area contributed by atoms with E-state index in [2.05, 4.69) is 24.0 Å². The second kappa shape index (κ2) is 7.56. The van der Waals surface area contributed by atoms with Gasteiger partial charge in [-0.25, -0.2) is 0 Å². The molecule has 0 saturated carbocycles. The highest BCUT2D eigenvalue weighted by Gasteiger charge is 2.40. The van der Waals surface area contributed by atoms with Crippen molar-refractivity contribution in [2.75, 3.05) is 40.3 Å². The second-order valence-corrected chi connectivity index (χ2v) is 7.59. The molecule has 25 heavy (non-hydrogen) atoms. The third kappa shape index (κ3) is 3.87. The normalized spacial score (nSPS) is 23.8. The maximum Gasteiger partial charge on any atom is 0.228 e. The average Bonchev–Trinajstić information content (AvgIpc) is 3.19. The molecule has 5 heteroatoms. The quantitative estimate of drug-likeness (QED) is 0.822. The van der Waals surface area contributed by atoms with Gasteiger partial charge in [-0.15, -0.1) is 0 Å². The molecule has 1 aromatic rings. The molecule has 2 atom stereocenters. The molecule has 2 heterocycles. The van der Waals surface area contributed by atoms with E-state index in [1.54, 1.807) is 0 Å². The number of likely N-dealkylation sites (tertiary alicyclic amines) is 2. The van der Waals surface area contributed by atoms with Crippen molar-refractivity contribution in [1.82, 2.24) is 14.7 Å². The lowest BCUT2D eigenvalue weighted by atomic mass is 9.98. The summed E-state index contributed by atoms with van der Waals surface area (Å²) in [4.78, 5) is 31.3. The van der Waals surface area contributed by atoms with Crippen LogP contribution in [-0.2, 0) is 9.59 Å². The SMILES string of the molecule is Cc1ccccc1C1CCCN1C(=O)C1CC(=O)N(CCN(C)C)C1. The molecule has 136 valence electrons. The van der Waals surface area contributed by atoms with Crippen LogP contribution >= 0.6 is 0 Å². The van der Waals surface area contributed by atoms with Crippen LogP contribution in [0.5, 0.6) is 0 Å². The Bertz CT molecular complexity index is 644. The predicted molar refractivity (Wildman–Crippen MR) is 98.1 cm³/mol. The van der Waals surface area contributed by atoms with Crippen molar-refractivity contribution in [3.8, 4) is 0 Å². The maximum atomic E-state index is 13.1. The van der Waals surface area contributed by atoms with Gasteiger partial charge in [0, 0.05) is 32.6 Å². The number of benzene rings is 1. The summed E-state index contributed by atoms with van der Waals surface area (Å²) in [5, 5.41) is 0. The second-order valence-electron chi connectivity index (χ2n) is 7.59. The van der Waals surface area contributed by atoms with E-state index in [0.29, 0.717) is 19.5 Å². The molecule has 2 saturated heterocycles. The Labute approximate surface area is 150 Å². The third-order valence-electron chi connectivity index (χ3n) is 5.46. The molecular formula is C20H29N3O2. The van der Waals surface area contributed by atoms with E-state index >= 15 is 0 Å². The number of aryl methyl sites for hydroxylation is 1. The van der Waals surface area contributed by atoms with Crippen molar-refractivity contribution < 1.29 is 9.59 Å². The molecule has 0 radical (unpaired) electrons. The molecule has 1 aromatic carbocycles. The van der Waals surface area contributed by atoms with E-state index in [-0.39, 0.29) is 23.8 Å². The van der Waals surface area contributed by atoms with Gasteiger partial charge in [0.15, 0.2) is 0 Å². The molecule has 0 aromatic heterocycles. The van der Waals surface area contributed by atoms with Gasteiger partial charge in [0.1, 0.15) is 0 Å². The van der Waals surface area contributed by atoms with Crippen LogP contribution in [0.15, 0.2) is 24.3 Å². The van der Waals surface area contributed by atoms with E-state index in [0.717, 1.165) is 25.9 Å². The molecule has 2 aliphatic heterocycles.